The Balaban J connectivity index is 1.68. The van der Waals surface area contributed by atoms with Gasteiger partial charge in [-0.2, -0.15) is 0 Å². The second-order valence-corrected chi connectivity index (χ2v) is 11.4. The highest BCUT2D eigenvalue weighted by atomic mass is 35.5. The maximum atomic E-state index is 13.4. The Bertz CT molecular complexity index is 1100. The number of nitrogens with zero attached hydrogens (tertiary/aromatic N) is 2. The van der Waals surface area contributed by atoms with E-state index in [0.717, 1.165) is 17.5 Å². The van der Waals surface area contributed by atoms with E-state index in [1.165, 1.54) is 0 Å². The van der Waals surface area contributed by atoms with Crippen molar-refractivity contribution in [3.8, 4) is 0 Å². The summed E-state index contributed by atoms with van der Waals surface area (Å²) >= 11 is 24.5. The van der Waals surface area contributed by atoms with Gasteiger partial charge in [0.15, 0.2) is 0 Å². The minimum Gasteiger partial charge on any atom is -0.338 e. The van der Waals surface area contributed by atoms with Crippen LogP contribution in [0, 0.1) is 5.92 Å². The molecule has 2 aromatic carbocycles. The van der Waals surface area contributed by atoms with E-state index in [1.54, 1.807) is 46.2 Å². The zero-order valence-corrected chi connectivity index (χ0v) is 23.4. The number of carbonyl (C=O) groups excluding carboxylic acids is 2. The van der Waals surface area contributed by atoms with Gasteiger partial charge in [0.1, 0.15) is 0 Å². The van der Waals surface area contributed by atoms with Crippen LogP contribution in [0.1, 0.15) is 31.4 Å². The largest absolute Gasteiger partial charge is 0.338 e. The quantitative estimate of drug-likeness (QED) is 0.473. The first-order valence-electron chi connectivity index (χ1n) is 11.9. The highest BCUT2D eigenvalue weighted by Gasteiger charge is 2.36. The van der Waals surface area contributed by atoms with Gasteiger partial charge in [-0.25, -0.2) is 0 Å². The van der Waals surface area contributed by atoms with E-state index in [1.807, 2.05) is 0 Å². The predicted octanol–water partition coefficient (Wildman–Crippen LogP) is 4.83. The van der Waals surface area contributed by atoms with Crippen LogP contribution in [0.5, 0.6) is 0 Å². The molecule has 0 radical (unpaired) electrons. The first-order valence-corrected chi connectivity index (χ1v) is 13.5. The van der Waals surface area contributed by atoms with Crippen LogP contribution in [0.3, 0.4) is 0 Å². The van der Waals surface area contributed by atoms with Crippen LogP contribution in [0.2, 0.25) is 20.1 Å². The molecule has 4 N–H and O–H groups in total. The van der Waals surface area contributed by atoms with Crippen molar-refractivity contribution in [2.24, 2.45) is 17.4 Å². The van der Waals surface area contributed by atoms with Crippen molar-refractivity contribution >= 4 is 58.2 Å². The molecule has 3 rings (SSSR count). The Kier molecular flexibility index (Phi) is 10.3. The molecule has 1 saturated heterocycles. The van der Waals surface area contributed by atoms with Crippen molar-refractivity contribution in [2.45, 2.75) is 51.2 Å². The monoisotopic (exact) mass is 572 g/mol. The van der Waals surface area contributed by atoms with E-state index in [0.29, 0.717) is 58.5 Å². The molecule has 0 aromatic heterocycles. The maximum absolute atomic E-state index is 13.4. The summed E-state index contributed by atoms with van der Waals surface area (Å²) in [4.78, 5) is 30.1. The fraction of sp³-hybridized carbons (Fsp3) is 0.462. The molecule has 1 aliphatic heterocycles. The molecule has 3 atom stereocenters. The molecule has 1 heterocycles. The molecule has 6 nitrogen and oxygen atoms in total. The summed E-state index contributed by atoms with van der Waals surface area (Å²) in [6.45, 7) is 5.35. The Hall–Kier alpha value is -1.54. The second-order valence-electron chi connectivity index (χ2n) is 9.69. The Morgan fingerprint density at radius 3 is 1.83 bits per heavy atom. The van der Waals surface area contributed by atoms with Gasteiger partial charge >= 0.3 is 0 Å². The van der Waals surface area contributed by atoms with Crippen molar-refractivity contribution < 1.29 is 9.59 Å². The van der Waals surface area contributed by atoms with E-state index < -0.39 is 12.1 Å². The normalized spacial score (nSPS) is 17.9. The molecule has 10 heteroatoms. The fourth-order valence-electron chi connectivity index (χ4n) is 4.56. The van der Waals surface area contributed by atoms with Crippen LogP contribution in [-0.4, -0.2) is 59.4 Å². The van der Waals surface area contributed by atoms with Crippen molar-refractivity contribution in [2.75, 3.05) is 19.6 Å². The molecule has 3 unspecified atom stereocenters. The number of nitrogens with two attached hydrogens (primary N) is 2. The van der Waals surface area contributed by atoms with E-state index in [-0.39, 0.29) is 17.9 Å². The summed E-state index contributed by atoms with van der Waals surface area (Å²) < 4.78 is 0. The third-order valence-electron chi connectivity index (χ3n) is 6.37. The number of halogens is 4. The van der Waals surface area contributed by atoms with Crippen LogP contribution in [0.4, 0.5) is 0 Å². The first-order chi connectivity index (χ1) is 17.0. The van der Waals surface area contributed by atoms with Crippen LogP contribution in [-0.2, 0) is 22.4 Å². The van der Waals surface area contributed by atoms with Gasteiger partial charge in [-0.1, -0.05) is 72.4 Å². The zero-order chi connectivity index (χ0) is 26.6. The number of hydrogen-bond acceptors (Lipinski definition) is 4. The number of piperazine rings is 1. The molecule has 1 fully saturated rings. The lowest BCUT2D eigenvalue weighted by Gasteiger charge is -2.43. The summed E-state index contributed by atoms with van der Waals surface area (Å²) in [5.74, 6) is -0.000963. The number of amides is 2. The highest BCUT2D eigenvalue weighted by Crippen LogP contribution is 2.25. The molecular weight excluding hydrogens is 542 g/mol. The molecule has 2 aromatic rings. The zero-order valence-electron chi connectivity index (χ0n) is 20.4. The summed E-state index contributed by atoms with van der Waals surface area (Å²) in [5, 5.41) is 2.01. The third-order valence-corrected chi connectivity index (χ3v) is 7.54. The predicted molar refractivity (Wildman–Crippen MR) is 148 cm³/mol. The van der Waals surface area contributed by atoms with Gasteiger partial charge in [-0.15, -0.1) is 0 Å². The number of hydrogen-bond donors (Lipinski definition) is 2. The summed E-state index contributed by atoms with van der Waals surface area (Å²) in [6.07, 6.45) is 1.34. The van der Waals surface area contributed by atoms with Crippen LogP contribution in [0.15, 0.2) is 36.4 Å². The van der Waals surface area contributed by atoms with Crippen molar-refractivity contribution in [3.63, 3.8) is 0 Å². The molecular formula is C26H32Cl4N4O2. The molecule has 0 bridgehead atoms. The first kappa shape index (κ1) is 29.0. The summed E-state index contributed by atoms with van der Waals surface area (Å²) in [5.41, 5.74) is 14.1. The van der Waals surface area contributed by atoms with E-state index in [2.05, 4.69) is 13.8 Å². The van der Waals surface area contributed by atoms with Gasteiger partial charge in [-0.3, -0.25) is 9.59 Å². The molecule has 2 amide bonds. The van der Waals surface area contributed by atoms with Gasteiger partial charge in [0.2, 0.25) is 11.8 Å². The minimum atomic E-state index is -0.755. The lowest BCUT2D eigenvalue weighted by atomic mass is 9.97. The fourth-order valence-corrected chi connectivity index (χ4v) is 5.53. The summed E-state index contributed by atoms with van der Waals surface area (Å²) in [6, 6.07) is 8.64. The van der Waals surface area contributed by atoms with Crippen molar-refractivity contribution in [3.05, 3.63) is 67.6 Å². The molecule has 196 valence electrons. The number of carbonyl (C=O) groups is 2. The van der Waals surface area contributed by atoms with Crippen molar-refractivity contribution in [1.29, 1.82) is 0 Å². The molecule has 1 aliphatic rings. The standard InChI is InChI=1S/C26H32Cl4N4O2/c1-15(2)9-20-14-33(25(35)23(31)10-16-3-5-18(27)12-21(16)29)7-8-34(20)26(36)24(32)11-17-4-6-19(28)13-22(17)30/h3-6,12-13,15,20,23-24H,7-11,14,31-32H2,1-2H3. The van der Waals surface area contributed by atoms with Crippen LogP contribution >= 0.6 is 46.4 Å². The smallest absolute Gasteiger partial charge is 0.240 e. The van der Waals surface area contributed by atoms with Crippen LogP contribution in [0.25, 0.3) is 0 Å². The lowest BCUT2D eigenvalue weighted by Crippen LogP contribution is -2.61. The van der Waals surface area contributed by atoms with Gasteiger partial charge in [0.25, 0.3) is 0 Å². The Morgan fingerprint density at radius 1 is 0.861 bits per heavy atom. The highest BCUT2D eigenvalue weighted by molar-refractivity contribution is 6.35. The molecule has 0 spiro atoms. The van der Waals surface area contributed by atoms with Gasteiger partial charge in [0.05, 0.1) is 12.1 Å². The van der Waals surface area contributed by atoms with E-state index in [4.69, 9.17) is 57.9 Å². The third kappa shape index (κ3) is 7.50. The average molecular weight is 574 g/mol. The van der Waals surface area contributed by atoms with Gasteiger partial charge in [0, 0.05) is 45.8 Å². The van der Waals surface area contributed by atoms with Crippen LogP contribution < -0.4 is 11.5 Å². The number of rotatable bonds is 8. The Labute approximate surface area is 232 Å². The molecule has 0 saturated carbocycles. The molecule has 36 heavy (non-hydrogen) atoms. The Morgan fingerprint density at radius 2 is 1.36 bits per heavy atom. The SMILES string of the molecule is CC(C)CC1CN(C(=O)C(N)Cc2ccc(Cl)cc2Cl)CCN1C(=O)C(N)Cc1ccc(Cl)cc1Cl. The maximum Gasteiger partial charge on any atom is 0.240 e. The second kappa shape index (κ2) is 12.8. The summed E-state index contributed by atoms with van der Waals surface area (Å²) in [7, 11) is 0. The topological polar surface area (TPSA) is 92.7 Å². The average Bonchev–Trinajstić information content (AvgIpc) is 2.81. The molecule has 0 aliphatic carbocycles. The van der Waals surface area contributed by atoms with Gasteiger partial charge < -0.3 is 21.3 Å². The lowest BCUT2D eigenvalue weighted by molar-refractivity contribution is -0.145. The van der Waals surface area contributed by atoms with Crippen molar-refractivity contribution in [1.82, 2.24) is 9.80 Å². The number of benzene rings is 2. The minimum absolute atomic E-state index is 0.156. The van der Waals surface area contributed by atoms with Gasteiger partial charge in [-0.05, 0) is 60.6 Å². The van der Waals surface area contributed by atoms with E-state index in [9.17, 15) is 9.59 Å². The van der Waals surface area contributed by atoms with E-state index >= 15 is 0 Å².